The maximum absolute atomic E-state index is 12.8. The fourth-order valence-electron chi connectivity index (χ4n) is 3.39. The summed E-state index contributed by atoms with van der Waals surface area (Å²) in [4.78, 5) is 36.8. The number of nitrogens with one attached hydrogen (secondary N) is 1. The molecule has 1 N–H and O–H groups in total. The second-order valence-electron chi connectivity index (χ2n) is 6.99. The Hall–Kier alpha value is -3.20. The van der Waals surface area contributed by atoms with Gasteiger partial charge >= 0.3 is 5.69 Å². The molecule has 0 saturated carbocycles. The highest BCUT2D eigenvalue weighted by Crippen LogP contribution is 2.11. The molecule has 3 aromatic heterocycles. The second-order valence-corrected chi connectivity index (χ2v) is 7.35. The summed E-state index contributed by atoms with van der Waals surface area (Å²) in [5, 5.41) is 4.09. The van der Waals surface area contributed by atoms with E-state index in [1.165, 1.54) is 9.13 Å². The smallest absolute Gasteiger partial charge is 0.332 e. The summed E-state index contributed by atoms with van der Waals surface area (Å²) in [6.07, 6.45) is 2.28. The number of nitrogens with zero attached hydrogens (tertiary/aromatic N) is 5. The summed E-state index contributed by atoms with van der Waals surface area (Å²) in [7, 11) is 0. The van der Waals surface area contributed by atoms with E-state index in [1.807, 2.05) is 37.3 Å². The number of hydrogen-bond acceptors (Lipinski definition) is 6. The molecule has 0 spiro atoms. The molecule has 4 aromatic rings. The Morgan fingerprint density at radius 1 is 1.10 bits per heavy atom. The number of H-pyrrole nitrogens is 1. The molecule has 0 saturated heterocycles. The van der Waals surface area contributed by atoms with Crippen LogP contribution in [0, 0.1) is 0 Å². The Morgan fingerprint density at radius 2 is 1.90 bits per heavy atom. The summed E-state index contributed by atoms with van der Waals surface area (Å²) >= 11 is 5.92. The van der Waals surface area contributed by atoms with E-state index < -0.39 is 11.2 Å². The summed E-state index contributed by atoms with van der Waals surface area (Å²) in [5.74, 6) is 1.08. The van der Waals surface area contributed by atoms with Crippen molar-refractivity contribution < 1.29 is 4.52 Å². The van der Waals surface area contributed by atoms with Gasteiger partial charge in [-0.25, -0.2) is 4.79 Å². The molecule has 10 heteroatoms. The Bertz CT molecular complexity index is 1270. The van der Waals surface area contributed by atoms with Gasteiger partial charge in [0.2, 0.25) is 11.2 Å². The van der Waals surface area contributed by atoms with Crippen molar-refractivity contribution in [2.45, 2.75) is 45.7 Å². The van der Waals surface area contributed by atoms with Gasteiger partial charge < -0.3 is 9.51 Å². The summed E-state index contributed by atoms with van der Waals surface area (Å²) in [6, 6.07) is 9.88. The molecule has 0 atom stereocenters. The van der Waals surface area contributed by atoms with Crippen LogP contribution in [0.5, 0.6) is 0 Å². The van der Waals surface area contributed by atoms with Crippen LogP contribution in [-0.4, -0.2) is 29.2 Å². The summed E-state index contributed by atoms with van der Waals surface area (Å²) in [6.45, 7) is 2.62. The molecule has 3 heterocycles. The van der Waals surface area contributed by atoms with Crippen molar-refractivity contribution in [3.63, 3.8) is 0 Å². The van der Waals surface area contributed by atoms with E-state index in [4.69, 9.17) is 16.1 Å². The molecule has 0 bridgehead atoms. The highest BCUT2D eigenvalue weighted by Gasteiger charge is 2.17. The number of hydrogen-bond donors (Lipinski definition) is 1. The molecule has 0 fully saturated rings. The van der Waals surface area contributed by atoms with Crippen molar-refractivity contribution in [3.05, 3.63) is 73.7 Å². The van der Waals surface area contributed by atoms with Gasteiger partial charge in [0.1, 0.15) is 0 Å². The molecule has 0 aliphatic rings. The van der Waals surface area contributed by atoms with Crippen LogP contribution in [0.3, 0.4) is 0 Å². The number of rotatable bonds is 8. The Labute approximate surface area is 176 Å². The minimum Gasteiger partial charge on any atom is -0.339 e. The van der Waals surface area contributed by atoms with Crippen molar-refractivity contribution in [2.24, 2.45) is 0 Å². The van der Waals surface area contributed by atoms with Gasteiger partial charge in [0.25, 0.3) is 5.56 Å². The number of fused-ring (bicyclic) bond motifs is 1. The minimum atomic E-state index is -0.433. The molecule has 0 aliphatic heterocycles. The Kier molecular flexibility index (Phi) is 5.80. The van der Waals surface area contributed by atoms with Gasteiger partial charge in [-0.05, 0) is 30.0 Å². The standard InChI is InChI=1S/C20H21ClN6O3/c1-2-10-26-17-16(23-19(21)24-17)18(28)27(20(26)29)11-6-9-15-22-14(25-30-15)12-13-7-4-3-5-8-13/h3-5,7-8H,2,6,9-12H2,1H3,(H,23,24). The summed E-state index contributed by atoms with van der Waals surface area (Å²) in [5.41, 5.74) is 0.788. The molecule has 0 amide bonds. The molecule has 30 heavy (non-hydrogen) atoms. The van der Waals surface area contributed by atoms with Crippen molar-refractivity contribution in [2.75, 3.05) is 0 Å². The van der Waals surface area contributed by atoms with E-state index >= 15 is 0 Å². The van der Waals surface area contributed by atoms with Crippen molar-refractivity contribution in [3.8, 4) is 0 Å². The molecule has 0 unspecified atom stereocenters. The summed E-state index contributed by atoms with van der Waals surface area (Å²) < 4.78 is 7.98. The van der Waals surface area contributed by atoms with Gasteiger partial charge in [-0.3, -0.25) is 13.9 Å². The first-order chi connectivity index (χ1) is 14.6. The molecule has 9 nitrogen and oxygen atoms in total. The number of halogens is 1. The van der Waals surface area contributed by atoms with Gasteiger partial charge in [0.05, 0.1) is 0 Å². The molecule has 1 aromatic carbocycles. The van der Waals surface area contributed by atoms with Gasteiger partial charge in [-0.2, -0.15) is 9.97 Å². The third-order valence-corrected chi connectivity index (χ3v) is 4.95. The lowest BCUT2D eigenvalue weighted by molar-refractivity contribution is 0.367. The van der Waals surface area contributed by atoms with Crippen LogP contribution in [0.15, 0.2) is 44.4 Å². The third kappa shape index (κ3) is 4.06. The molecule has 4 rings (SSSR count). The maximum atomic E-state index is 12.8. The zero-order valence-electron chi connectivity index (χ0n) is 16.5. The third-order valence-electron chi connectivity index (χ3n) is 4.77. The number of aromatic amines is 1. The van der Waals surface area contributed by atoms with E-state index in [0.717, 1.165) is 12.0 Å². The first-order valence-corrected chi connectivity index (χ1v) is 10.2. The highest BCUT2D eigenvalue weighted by atomic mass is 35.5. The number of aromatic nitrogens is 6. The SMILES string of the molecule is CCCn1c(=O)n(CCCc2nc(Cc3ccccc3)no2)c(=O)c2[nH]c(Cl)nc21. The molecular weight excluding hydrogens is 408 g/mol. The Balaban J connectivity index is 1.49. The van der Waals surface area contributed by atoms with E-state index in [-0.39, 0.29) is 23.0 Å². The average molecular weight is 429 g/mol. The van der Waals surface area contributed by atoms with E-state index in [1.54, 1.807) is 0 Å². The first kappa shape index (κ1) is 20.1. The van der Waals surface area contributed by atoms with E-state index in [9.17, 15) is 9.59 Å². The van der Waals surface area contributed by atoms with Crippen molar-refractivity contribution in [1.29, 1.82) is 0 Å². The number of aryl methyl sites for hydroxylation is 2. The lowest BCUT2D eigenvalue weighted by Gasteiger charge is -2.09. The maximum Gasteiger partial charge on any atom is 0.332 e. The first-order valence-electron chi connectivity index (χ1n) is 9.81. The van der Waals surface area contributed by atoms with Crippen LogP contribution in [0.1, 0.15) is 37.0 Å². The normalized spacial score (nSPS) is 11.4. The molecule has 0 aliphatic carbocycles. The topological polar surface area (TPSA) is 112 Å². The highest BCUT2D eigenvalue weighted by molar-refractivity contribution is 6.28. The van der Waals surface area contributed by atoms with Crippen LogP contribution < -0.4 is 11.2 Å². The lowest BCUT2D eigenvalue weighted by Crippen LogP contribution is -2.40. The van der Waals surface area contributed by atoms with Gasteiger partial charge in [0.15, 0.2) is 17.0 Å². The van der Waals surface area contributed by atoms with Gasteiger partial charge in [0, 0.05) is 25.9 Å². The minimum absolute atomic E-state index is 0.0842. The van der Waals surface area contributed by atoms with Crippen LogP contribution in [0.2, 0.25) is 5.28 Å². The molecule has 156 valence electrons. The average Bonchev–Trinajstić information content (AvgIpc) is 3.35. The zero-order chi connectivity index (χ0) is 21.1. The quantitative estimate of drug-likeness (QED) is 0.432. The monoisotopic (exact) mass is 428 g/mol. The predicted octanol–water partition coefficient (Wildman–Crippen LogP) is 2.56. The van der Waals surface area contributed by atoms with Crippen molar-refractivity contribution in [1.82, 2.24) is 29.2 Å². The van der Waals surface area contributed by atoms with E-state index in [2.05, 4.69) is 20.1 Å². The zero-order valence-corrected chi connectivity index (χ0v) is 17.2. The van der Waals surface area contributed by atoms with Gasteiger partial charge in [-0.15, -0.1) is 0 Å². The van der Waals surface area contributed by atoms with Crippen LogP contribution >= 0.6 is 11.6 Å². The van der Waals surface area contributed by atoms with E-state index in [0.29, 0.717) is 37.5 Å². The molecule has 0 radical (unpaired) electrons. The second kappa shape index (κ2) is 8.66. The predicted molar refractivity (Wildman–Crippen MR) is 112 cm³/mol. The number of benzene rings is 1. The molecular formula is C20H21ClN6O3. The lowest BCUT2D eigenvalue weighted by atomic mass is 10.1. The van der Waals surface area contributed by atoms with Crippen LogP contribution in [0.4, 0.5) is 0 Å². The largest absolute Gasteiger partial charge is 0.339 e. The van der Waals surface area contributed by atoms with Crippen molar-refractivity contribution >= 4 is 22.8 Å². The van der Waals surface area contributed by atoms with Gasteiger partial charge in [-0.1, -0.05) is 42.4 Å². The fraction of sp³-hybridized carbons (Fsp3) is 0.350. The van der Waals surface area contributed by atoms with Crippen LogP contribution in [-0.2, 0) is 25.9 Å². The Morgan fingerprint density at radius 3 is 2.67 bits per heavy atom. The number of imidazole rings is 1. The fourth-order valence-corrected chi connectivity index (χ4v) is 3.57. The van der Waals surface area contributed by atoms with Crippen LogP contribution in [0.25, 0.3) is 11.2 Å².